The van der Waals surface area contributed by atoms with E-state index in [1.165, 1.54) is 0 Å². The smallest absolute Gasteiger partial charge is 0.259 e. The molecule has 0 atom stereocenters. The predicted molar refractivity (Wildman–Crippen MR) is 250 cm³/mol. The van der Waals surface area contributed by atoms with Gasteiger partial charge in [0, 0.05) is 40.3 Å². The van der Waals surface area contributed by atoms with Crippen LogP contribution in [0.3, 0.4) is 0 Å². The van der Waals surface area contributed by atoms with Crippen molar-refractivity contribution in [2.45, 2.75) is 6.61 Å². The Kier molecular flexibility index (Phi) is 10.8. The van der Waals surface area contributed by atoms with Crippen LogP contribution in [0.25, 0.3) is 32.7 Å². The van der Waals surface area contributed by atoms with E-state index in [1.54, 1.807) is 42.5 Å². The van der Waals surface area contributed by atoms with E-state index in [0.29, 0.717) is 49.9 Å². The number of ketones is 1. The van der Waals surface area contributed by atoms with Crippen molar-refractivity contribution in [3.8, 4) is 22.6 Å². The summed E-state index contributed by atoms with van der Waals surface area (Å²) in [6.45, 7) is 0.0629. The number of benzene rings is 8. The zero-order chi connectivity index (χ0) is 41.3. The van der Waals surface area contributed by atoms with Crippen LogP contribution in [0, 0.1) is 7.14 Å². The Labute approximate surface area is 370 Å². The molecule has 60 heavy (non-hydrogen) atoms. The number of carbonyl (C=O) groups is 2. The largest absolute Gasteiger partial charge is 0.505 e. The number of hydrogen-bond acceptors (Lipinski definition) is 10. The van der Waals surface area contributed by atoms with Gasteiger partial charge in [-0.1, -0.05) is 72.8 Å². The van der Waals surface area contributed by atoms with E-state index in [0.717, 1.165) is 29.3 Å². The third kappa shape index (κ3) is 7.81. The van der Waals surface area contributed by atoms with Gasteiger partial charge in [0.05, 0.1) is 22.6 Å². The van der Waals surface area contributed by atoms with Gasteiger partial charge in [0.2, 0.25) is 0 Å². The van der Waals surface area contributed by atoms with Gasteiger partial charge in [-0.25, -0.2) is 0 Å². The predicted octanol–water partition coefficient (Wildman–Crippen LogP) is 13.5. The van der Waals surface area contributed by atoms with E-state index in [2.05, 4.69) is 76.4 Å². The molecule has 0 heterocycles. The van der Waals surface area contributed by atoms with E-state index >= 15 is 0 Å². The van der Waals surface area contributed by atoms with Gasteiger partial charge in [0.1, 0.15) is 23.7 Å². The molecule has 9 rings (SSSR count). The summed E-state index contributed by atoms with van der Waals surface area (Å²) in [6, 6.07) is 43.9. The van der Waals surface area contributed by atoms with Crippen LogP contribution in [0.4, 0.5) is 34.1 Å². The van der Waals surface area contributed by atoms with Gasteiger partial charge < -0.3 is 15.5 Å². The fourth-order valence-corrected chi connectivity index (χ4v) is 8.17. The minimum absolute atomic E-state index is 0.0464. The van der Waals surface area contributed by atoms with Crippen LogP contribution in [0.5, 0.6) is 11.5 Å². The molecule has 4 N–H and O–H groups in total. The van der Waals surface area contributed by atoms with Gasteiger partial charge in [-0.15, -0.1) is 10.2 Å². The fraction of sp³-hybridized carbons (Fsp3) is 0.0213. The highest BCUT2D eigenvalue weighted by Gasteiger charge is 2.28. The summed E-state index contributed by atoms with van der Waals surface area (Å²) in [5.74, 6) is -1.09. The highest BCUT2D eigenvalue weighted by molar-refractivity contribution is 14.1. The second-order valence-electron chi connectivity index (χ2n) is 13.9. The summed E-state index contributed by atoms with van der Waals surface area (Å²) in [4.78, 5) is 33.0. The van der Waals surface area contributed by atoms with Crippen LogP contribution in [-0.4, -0.2) is 21.9 Å². The van der Waals surface area contributed by atoms with Crippen molar-refractivity contribution in [3.63, 3.8) is 0 Å². The maximum atomic E-state index is 13.9. The zero-order valence-electron chi connectivity index (χ0n) is 31.2. The molecule has 0 bridgehead atoms. The van der Waals surface area contributed by atoms with Gasteiger partial charge >= 0.3 is 0 Å². The lowest BCUT2D eigenvalue weighted by molar-refractivity contribution is 0.102. The summed E-state index contributed by atoms with van der Waals surface area (Å²) in [5, 5.41) is 46.3. The molecule has 1 aliphatic rings. The van der Waals surface area contributed by atoms with E-state index in [-0.39, 0.29) is 40.8 Å². The molecule has 0 saturated heterocycles. The average molecular weight is 1010 g/mol. The first-order valence-corrected chi connectivity index (χ1v) is 20.7. The van der Waals surface area contributed by atoms with E-state index < -0.39 is 5.91 Å². The third-order valence-corrected chi connectivity index (χ3v) is 11.3. The van der Waals surface area contributed by atoms with Crippen LogP contribution in [0.2, 0.25) is 0 Å². The minimum atomic E-state index is -0.494. The molecule has 0 radical (unpaired) electrons. The molecule has 0 spiro atoms. The number of phenols is 2. The first-order chi connectivity index (χ1) is 29.2. The molecule has 0 fully saturated rings. The van der Waals surface area contributed by atoms with E-state index in [9.17, 15) is 19.8 Å². The number of anilines is 2. The Balaban J connectivity index is 0.968. The molecule has 0 aliphatic heterocycles. The summed E-state index contributed by atoms with van der Waals surface area (Å²) in [7, 11) is 0. The molecule has 11 nitrogen and oxygen atoms in total. The van der Waals surface area contributed by atoms with Crippen molar-refractivity contribution < 1.29 is 24.6 Å². The number of phenolic OH excluding ortho intramolecular Hbond substituents is 2. The van der Waals surface area contributed by atoms with E-state index in [4.69, 9.17) is 4.84 Å². The Hall–Kier alpha value is -6.56. The Morgan fingerprint density at radius 1 is 0.567 bits per heavy atom. The number of nitrogens with zero attached hydrogens (tertiary/aromatic N) is 4. The normalized spacial score (nSPS) is 12.1. The summed E-state index contributed by atoms with van der Waals surface area (Å²) < 4.78 is 2.00. The van der Waals surface area contributed by atoms with Crippen molar-refractivity contribution in [3.05, 3.63) is 175 Å². The highest BCUT2D eigenvalue weighted by atomic mass is 127. The van der Waals surface area contributed by atoms with Crippen molar-refractivity contribution in [1.29, 1.82) is 0 Å². The van der Waals surface area contributed by atoms with Crippen LogP contribution in [0.15, 0.2) is 166 Å². The number of halogens is 2. The van der Waals surface area contributed by atoms with Crippen molar-refractivity contribution in [2.24, 2.45) is 20.5 Å². The standard InChI is InChI=1S/C47H30I2N6O5/c48-29-9-5-11-31(21-29)50-47(59)41-20-27-8-2-4-14-36(27)43(46(41)58)54-52-33-16-18-38-37-17-15-32(23-39(37)45(57)40(38)24-33)51-53-42-35-13-3-1-7-26(35)19-28(44(42)56)25-60-55-34-12-6-10-30(49)22-34/h1-24,55-56,58H,25H2,(H,50,59). The molecule has 0 aromatic heterocycles. The van der Waals surface area contributed by atoms with Crippen molar-refractivity contribution in [1.82, 2.24) is 0 Å². The van der Waals surface area contributed by atoms with Gasteiger partial charge in [0.25, 0.3) is 5.91 Å². The van der Waals surface area contributed by atoms with Gasteiger partial charge in [0.15, 0.2) is 11.5 Å². The maximum Gasteiger partial charge on any atom is 0.259 e. The average Bonchev–Trinajstić information content (AvgIpc) is 3.52. The molecular weight excluding hydrogens is 982 g/mol. The van der Waals surface area contributed by atoms with Gasteiger partial charge in [-0.2, -0.15) is 10.2 Å². The Bertz CT molecular complexity index is 3120. The second-order valence-corrected chi connectivity index (χ2v) is 16.3. The molecule has 1 amide bonds. The summed E-state index contributed by atoms with van der Waals surface area (Å²) in [6.07, 6.45) is 0. The number of carbonyl (C=O) groups excluding carboxylic acids is 2. The SMILES string of the molecule is O=C1c2cc(N=Nc3c(O)c(CONc4cccc(I)c4)cc4ccccc34)ccc2-c2ccc(N=Nc3c(O)c(C(=O)Nc4cccc(I)c4)cc4ccccc34)cc21. The lowest BCUT2D eigenvalue weighted by atomic mass is 10.0. The van der Waals surface area contributed by atoms with Crippen molar-refractivity contribution >= 4 is 113 Å². The molecule has 8 aromatic carbocycles. The number of hydrogen-bond donors (Lipinski definition) is 4. The molecular formula is C47H30I2N6O5. The quantitative estimate of drug-likeness (QED) is 0.0607. The van der Waals surface area contributed by atoms with Gasteiger partial charge in [-0.3, -0.25) is 19.9 Å². The fourth-order valence-electron chi connectivity index (χ4n) is 7.09. The summed E-state index contributed by atoms with van der Waals surface area (Å²) >= 11 is 4.39. The minimum Gasteiger partial charge on any atom is -0.505 e. The monoisotopic (exact) mass is 1010 g/mol. The number of azo groups is 2. The maximum absolute atomic E-state index is 13.9. The topological polar surface area (TPSA) is 157 Å². The van der Waals surface area contributed by atoms with Crippen molar-refractivity contribution in [2.75, 3.05) is 10.8 Å². The highest BCUT2D eigenvalue weighted by Crippen LogP contribution is 2.44. The third-order valence-electron chi connectivity index (χ3n) is 9.96. The van der Waals surface area contributed by atoms with Crippen LogP contribution in [-0.2, 0) is 11.4 Å². The molecule has 8 aromatic rings. The van der Waals surface area contributed by atoms with Crippen LogP contribution in [0.1, 0.15) is 31.8 Å². The van der Waals surface area contributed by atoms with Gasteiger partial charge in [-0.05, 0) is 140 Å². The number of amides is 1. The summed E-state index contributed by atoms with van der Waals surface area (Å²) in [5.41, 5.74) is 8.43. The number of fused-ring (bicyclic) bond motifs is 5. The molecule has 292 valence electrons. The number of rotatable bonds is 10. The molecule has 0 unspecified atom stereocenters. The number of nitrogens with one attached hydrogen (secondary N) is 2. The Morgan fingerprint density at radius 2 is 1.12 bits per heavy atom. The lowest BCUT2D eigenvalue weighted by Crippen LogP contribution is -2.12. The van der Waals surface area contributed by atoms with E-state index in [1.807, 2.05) is 103 Å². The lowest BCUT2D eigenvalue weighted by Gasteiger charge is -2.12. The molecule has 0 saturated carbocycles. The molecule has 13 heteroatoms. The molecule has 1 aliphatic carbocycles. The number of aromatic hydroxyl groups is 2. The Morgan fingerprint density at radius 3 is 1.73 bits per heavy atom. The zero-order valence-corrected chi connectivity index (χ0v) is 35.5. The first-order valence-electron chi connectivity index (χ1n) is 18.6. The first kappa shape index (κ1) is 38.9. The van der Waals surface area contributed by atoms with Crippen LogP contribution >= 0.6 is 45.2 Å². The van der Waals surface area contributed by atoms with Crippen LogP contribution < -0.4 is 10.8 Å². The second kappa shape index (κ2) is 16.6.